The fourth-order valence-corrected chi connectivity index (χ4v) is 8.47. The minimum atomic E-state index is -0.292. The van der Waals surface area contributed by atoms with Gasteiger partial charge in [-0.15, -0.1) is 10.2 Å². The van der Waals surface area contributed by atoms with E-state index in [1.807, 2.05) is 25.1 Å². The topological polar surface area (TPSA) is 89.6 Å². The van der Waals surface area contributed by atoms with Gasteiger partial charge in [0.2, 0.25) is 11.0 Å². The summed E-state index contributed by atoms with van der Waals surface area (Å²) in [5, 5.41) is 23.3. The molecule has 194 valence electrons. The first kappa shape index (κ1) is 23.6. The van der Waals surface area contributed by atoms with Crippen LogP contribution in [0.15, 0.2) is 58.3 Å². The number of nitrogens with zero attached hydrogens (tertiary/aromatic N) is 4. The minimum Gasteiger partial charge on any atom is -0.494 e. The van der Waals surface area contributed by atoms with Crippen molar-refractivity contribution in [2.45, 2.75) is 50.9 Å². The highest BCUT2D eigenvalue weighted by molar-refractivity contribution is 7.15. The third-order valence-corrected chi connectivity index (χ3v) is 9.80. The second kappa shape index (κ2) is 9.05. The molecular weight excluding hydrogens is 496 g/mol. The summed E-state index contributed by atoms with van der Waals surface area (Å²) in [7, 11) is 0. The summed E-state index contributed by atoms with van der Waals surface area (Å²) in [4.78, 5) is 18.1. The van der Waals surface area contributed by atoms with Crippen molar-refractivity contribution in [1.29, 1.82) is 0 Å². The molecule has 0 amide bonds. The molecule has 4 aliphatic carbocycles. The van der Waals surface area contributed by atoms with E-state index in [1.54, 1.807) is 47.9 Å². The summed E-state index contributed by atoms with van der Waals surface area (Å²) in [5.41, 5.74) is 0.909. The van der Waals surface area contributed by atoms with Crippen LogP contribution in [0.1, 0.15) is 56.0 Å². The van der Waals surface area contributed by atoms with E-state index in [-0.39, 0.29) is 16.9 Å². The molecule has 4 aliphatic rings. The number of ether oxygens (including phenoxy) is 1. The van der Waals surface area contributed by atoms with E-state index >= 15 is 0 Å². The van der Waals surface area contributed by atoms with Crippen molar-refractivity contribution in [3.63, 3.8) is 0 Å². The third kappa shape index (κ3) is 3.85. The van der Waals surface area contributed by atoms with Crippen LogP contribution in [0.3, 0.4) is 0 Å². The Labute approximate surface area is 224 Å². The lowest BCUT2D eigenvalue weighted by molar-refractivity contribution is -0.00555. The first-order valence-electron chi connectivity index (χ1n) is 13.5. The van der Waals surface area contributed by atoms with Crippen LogP contribution in [0, 0.1) is 17.8 Å². The van der Waals surface area contributed by atoms with Gasteiger partial charge >= 0.3 is 0 Å². The van der Waals surface area contributed by atoms with E-state index in [1.165, 1.54) is 43.1 Å². The summed E-state index contributed by atoms with van der Waals surface area (Å²) in [5.74, 6) is 3.06. The first-order valence-corrected chi connectivity index (χ1v) is 14.3. The molecule has 1 N–H and O–H groups in total. The zero-order valence-corrected chi connectivity index (χ0v) is 22.2. The van der Waals surface area contributed by atoms with Gasteiger partial charge in [0.05, 0.1) is 17.9 Å². The van der Waals surface area contributed by atoms with Crippen molar-refractivity contribution >= 4 is 33.5 Å². The molecule has 4 fully saturated rings. The first-order chi connectivity index (χ1) is 18.5. The number of benzene rings is 2. The number of hydrogen-bond acceptors (Lipinski definition) is 7. The summed E-state index contributed by atoms with van der Waals surface area (Å²) >= 11 is 1.58. The number of hydrogen-bond donors (Lipinski definition) is 1. The predicted octanol–water partition coefficient (Wildman–Crippen LogP) is 6.16. The number of aromatic nitrogens is 3. The summed E-state index contributed by atoms with van der Waals surface area (Å²) < 4.78 is 6.85. The molecule has 4 bridgehead atoms. The molecule has 2 aromatic heterocycles. The van der Waals surface area contributed by atoms with E-state index in [4.69, 9.17) is 4.74 Å². The normalized spacial score (nSPS) is 26.0. The Balaban J connectivity index is 1.26. The van der Waals surface area contributed by atoms with Crippen LogP contribution in [-0.2, 0) is 5.41 Å². The average Bonchev–Trinajstić information content (AvgIpc) is 3.39. The maximum atomic E-state index is 13.4. The van der Waals surface area contributed by atoms with Crippen LogP contribution < -0.4 is 10.3 Å². The second-order valence-electron chi connectivity index (χ2n) is 11.2. The molecule has 0 saturated heterocycles. The Morgan fingerprint density at radius 1 is 1.03 bits per heavy atom. The van der Waals surface area contributed by atoms with Crippen molar-refractivity contribution in [3.8, 4) is 17.3 Å². The van der Waals surface area contributed by atoms with Gasteiger partial charge in [-0.3, -0.25) is 4.79 Å². The molecule has 8 heteroatoms. The van der Waals surface area contributed by atoms with Crippen molar-refractivity contribution in [2.24, 2.45) is 22.7 Å². The van der Waals surface area contributed by atoms with Gasteiger partial charge in [-0.05, 0) is 93.5 Å². The SMILES string of the molecule is CCOc1ccc(-n2c(O)c(/C=N/c3nnc(C45CC6CC(CC(C6)C4)C5)s3)c3ccccc3c2=O)cc1. The molecule has 0 radical (unpaired) electrons. The van der Waals surface area contributed by atoms with Crippen molar-refractivity contribution in [2.75, 3.05) is 6.61 Å². The molecular formula is C30H30N4O3S. The lowest BCUT2D eigenvalue weighted by atomic mass is 9.50. The van der Waals surface area contributed by atoms with Gasteiger partial charge in [-0.2, -0.15) is 0 Å². The zero-order chi connectivity index (χ0) is 25.9. The molecule has 38 heavy (non-hydrogen) atoms. The van der Waals surface area contributed by atoms with E-state index < -0.39 is 0 Å². The number of aromatic hydroxyl groups is 1. The van der Waals surface area contributed by atoms with Crippen molar-refractivity contribution in [3.05, 3.63) is 69.5 Å². The lowest BCUT2D eigenvalue weighted by Gasteiger charge is -2.55. The molecule has 0 atom stereocenters. The number of rotatable bonds is 6. The average molecular weight is 527 g/mol. The van der Waals surface area contributed by atoms with Gasteiger partial charge in [-0.25, -0.2) is 9.56 Å². The minimum absolute atomic E-state index is 0.160. The molecule has 4 saturated carbocycles. The fraction of sp³-hybridized carbons (Fsp3) is 0.400. The van der Waals surface area contributed by atoms with Gasteiger partial charge < -0.3 is 9.84 Å². The Hall–Kier alpha value is -3.52. The second-order valence-corrected chi connectivity index (χ2v) is 12.2. The van der Waals surface area contributed by atoms with Crippen molar-refractivity contribution < 1.29 is 9.84 Å². The molecule has 0 spiro atoms. The molecule has 0 unspecified atom stereocenters. The Morgan fingerprint density at radius 2 is 1.68 bits per heavy atom. The van der Waals surface area contributed by atoms with Crippen LogP contribution in [0.5, 0.6) is 11.6 Å². The van der Waals surface area contributed by atoms with Crippen LogP contribution in [0.25, 0.3) is 16.5 Å². The molecule has 7 nitrogen and oxygen atoms in total. The summed E-state index contributed by atoms with van der Waals surface area (Å²) in [6.07, 6.45) is 9.48. The van der Waals surface area contributed by atoms with Crippen molar-refractivity contribution in [1.82, 2.24) is 14.8 Å². The largest absolute Gasteiger partial charge is 0.494 e. The van der Waals surface area contributed by atoms with Gasteiger partial charge in [0.25, 0.3) is 5.56 Å². The van der Waals surface area contributed by atoms with Gasteiger partial charge in [0.15, 0.2) is 0 Å². The highest BCUT2D eigenvalue weighted by atomic mass is 32.1. The van der Waals surface area contributed by atoms with Crippen LogP contribution in [-0.4, -0.2) is 32.7 Å². The van der Waals surface area contributed by atoms with Gasteiger partial charge in [0.1, 0.15) is 10.8 Å². The quantitative estimate of drug-likeness (QED) is 0.304. The molecule has 0 aliphatic heterocycles. The molecule has 4 aromatic rings. The third-order valence-electron chi connectivity index (χ3n) is 8.72. The van der Waals surface area contributed by atoms with Gasteiger partial charge in [-0.1, -0.05) is 29.5 Å². The molecule has 8 rings (SSSR count). The Bertz CT molecular complexity index is 1570. The van der Waals surface area contributed by atoms with Gasteiger partial charge in [0, 0.05) is 22.4 Å². The molecule has 2 heterocycles. The van der Waals surface area contributed by atoms with Crippen LogP contribution in [0.2, 0.25) is 0 Å². The zero-order valence-electron chi connectivity index (χ0n) is 21.3. The fourth-order valence-electron chi connectivity index (χ4n) is 7.56. The highest BCUT2D eigenvalue weighted by Gasteiger charge is 2.53. The van der Waals surface area contributed by atoms with Crippen LogP contribution in [0.4, 0.5) is 5.13 Å². The number of aliphatic imine (C=N–C) groups is 1. The van der Waals surface area contributed by atoms with E-state index in [9.17, 15) is 9.90 Å². The maximum Gasteiger partial charge on any atom is 0.265 e. The number of pyridine rings is 1. The van der Waals surface area contributed by atoms with E-state index in [0.717, 1.165) is 22.8 Å². The Morgan fingerprint density at radius 3 is 2.34 bits per heavy atom. The monoisotopic (exact) mass is 526 g/mol. The maximum absolute atomic E-state index is 13.4. The summed E-state index contributed by atoms with van der Waals surface area (Å²) in [6, 6.07) is 14.4. The van der Waals surface area contributed by atoms with E-state index in [2.05, 4.69) is 15.2 Å². The Kier molecular flexibility index (Phi) is 5.62. The van der Waals surface area contributed by atoms with E-state index in [0.29, 0.717) is 39.5 Å². The van der Waals surface area contributed by atoms with Crippen LogP contribution >= 0.6 is 11.3 Å². The summed E-state index contributed by atoms with van der Waals surface area (Å²) in [6.45, 7) is 2.47. The lowest BCUT2D eigenvalue weighted by Crippen LogP contribution is -2.48. The molecule has 2 aromatic carbocycles. The standard InChI is InChI=1S/C30H30N4O3S/c1-2-37-22-9-7-21(8-10-22)34-26(35)24-6-4-3-5-23(24)25(27(34)36)17-31-29-33-32-28(38-29)30-14-18-11-19(15-30)13-20(12-18)16-30/h3-10,17-20,36H,2,11-16H2,1H3/b31-17+. The predicted molar refractivity (Wildman–Crippen MR) is 149 cm³/mol. The highest BCUT2D eigenvalue weighted by Crippen LogP contribution is 2.61. The smallest absolute Gasteiger partial charge is 0.265 e. The number of fused-ring (bicyclic) bond motifs is 1.